The van der Waals surface area contributed by atoms with E-state index in [2.05, 4.69) is 22.3 Å². The molecule has 1 amide bonds. The molecule has 1 aromatic carbocycles. The van der Waals surface area contributed by atoms with Gasteiger partial charge in [0.2, 0.25) is 5.91 Å². The largest absolute Gasteiger partial charge is 0.497 e. The fourth-order valence-corrected chi connectivity index (χ4v) is 4.03. The SMILES string of the molecule is COc1cc(CN2CCN(C(=O)CCC3CCNCC3)CC2)cc(OC)c1. The zero-order valence-corrected chi connectivity index (χ0v) is 16.7. The molecule has 150 valence electrons. The quantitative estimate of drug-likeness (QED) is 0.791. The van der Waals surface area contributed by atoms with Crippen LogP contribution < -0.4 is 14.8 Å². The van der Waals surface area contributed by atoms with Crippen molar-refractivity contribution in [3.8, 4) is 11.5 Å². The number of hydrogen-bond acceptors (Lipinski definition) is 5. The molecule has 2 aliphatic rings. The van der Waals surface area contributed by atoms with Gasteiger partial charge in [-0.1, -0.05) is 0 Å². The van der Waals surface area contributed by atoms with E-state index in [0.717, 1.165) is 69.7 Å². The van der Waals surface area contributed by atoms with Crippen LogP contribution in [0.1, 0.15) is 31.2 Å². The zero-order valence-electron chi connectivity index (χ0n) is 16.7. The summed E-state index contributed by atoms with van der Waals surface area (Å²) in [5.41, 5.74) is 1.18. The van der Waals surface area contributed by atoms with E-state index in [4.69, 9.17) is 9.47 Å². The van der Waals surface area contributed by atoms with E-state index in [-0.39, 0.29) is 0 Å². The minimum Gasteiger partial charge on any atom is -0.497 e. The van der Waals surface area contributed by atoms with Gasteiger partial charge < -0.3 is 19.7 Å². The van der Waals surface area contributed by atoms with Crippen molar-refractivity contribution in [3.63, 3.8) is 0 Å². The van der Waals surface area contributed by atoms with E-state index in [0.29, 0.717) is 12.3 Å². The summed E-state index contributed by atoms with van der Waals surface area (Å²) in [7, 11) is 3.35. The second-order valence-electron chi connectivity index (χ2n) is 7.61. The van der Waals surface area contributed by atoms with E-state index >= 15 is 0 Å². The summed E-state index contributed by atoms with van der Waals surface area (Å²) in [5, 5.41) is 3.39. The van der Waals surface area contributed by atoms with E-state index < -0.39 is 0 Å². The lowest BCUT2D eigenvalue weighted by Gasteiger charge is -2.35. The maximum Gasteiger partial charge on any atom is 0.222 e. The topological polar surface area (TPSA) is 54.0 Å². The van der Waals surface area contributed by atoms with Crippen LogP contribution in [-0.4, -0.2) is 69.2 Å². The molecule has 2 saturated heterocycles. The lowest BCUT2D eigenvalue weighted by Crippen LogP contribution is -2.48. The van der Waals surface area contributed by atoms with Crippen LogP contribution in [0.3, 0.4) is 0 Å². The van der Waals surface area contributed by atoms with Crippen molar-refractivity contribution in [1.29, 1.82) is 0 Å². The number of hydrogen-bond donors (Lipinski definition) is 1. The van der Waals surface area contributed by atoms with Gasteiger partial charge in [-0.05, 0) is 56.0 Å². The molecule has 0 bridgehead atoms. The number of ether oxygens (including phenoxy) is 2. The molecule has 0 aromatic heterocycles. The van der Waals surface area contributed by atoms with Crippen molar-refractivity contribution in [1.82, 2.24) is 15.1 Å². The summed E-state index contributed by atoms with van der Waals surface area (Å²) in [6.07, 6.45) is 4.18. The Morgan fingerprint density at radius 1 is 1.04 bits per heavy atom. The number of rotatable bonds is 7. The second kappa shape index (κ2) is 9.95. The highest BCUT2D eigenvalue weighted by molar-refractivity contribution is 5.76. The number of piperidine rings is 1. The van der Waals surface area contributed by atoms with Crippen LogP contribution in [0, 0.1) is 5.92 Å². The van der Waals surface area contributed by atoms with Crippen molar-refractivity contribution in [2.45, 2.75) is 32.2 Å². The van der Waals surface area contributed by atoms with Crippen molar-refractivity contribution in [2.24, 2.45) is 5.92 Å². The Morgan fingerprint density at radius 2 is 1.67 bits per heavy atom. The van der Waals surface area contributed by atoms with Gasteiger partial charge in [-0.15, -0.1) is 0 Å². The van der Waals surface area contributed by atoms with Gasteiger partial charge in [0.25, 0.3) is 0 Å². The third kappa shape index (κ3) is 5.84. The number of benzene rings is 1. The number of methoxy groups -OCH3 is 2. The Hall–Kier alpha value is -1.79. The van der Waals surface area contributed by atoms with Gasteiger partial charge in [-0.25, -0.2) is 0 Å². The molecular formula is C21H33N3O3. The predicted octanol–water partition coefficient (Wildman–Crippen LogP) is 2.13. The van der Waals surface area contributed by atoms with E-state index in [1.54, 1.807) is 14.2 Å². The highest BCUT2D eigenvalue weighted by Gasteiger charge is 2.22. The summed E-state index contributed by atoms with van der Waals surface area (Å²) in [5.74, 6) is 2.68. The Balaban J connectivity index is 1.43. The second-order valence-corrected chi connectivity index (χ2v) is 7.61. The van der Waals surface area contributed by atoms with Crippen LogP contribution in [0.2, 0.25) is 0 Å². The molecule has 6 heteroatoms. The van der Waals surface area contributed by atoms with E-state index in [1.165, 1.54) is 18.4 Å². The Labute approximate surface area is 162 Å². The van der Waals surface area contributed by atoms with E-state index in [9.17, 15) is 4.79 Å². The van der Waals surface area contributed by atoms with Crippen LogP contribution in [0.4, 0.5) is 0 Å². The van der Waals surface area contributed by atoms with Crippen molar-refractivity contribution in [2.75, 3.05) is 53.5 Å². The first-order valence-corrected chi connectivity index (χ1v) is 10.1. The first-order valence-electron chi connectivity index (χ1n) is 10.1. The third-order valence-corrected chi connectivity index (χ3v) is 5.77. The molecule has 0 aliphatic carbocycles. The lowest BCUT2D eigenvalue weighted by atomic mass is 9.93. The monoisotopic (exact) mass is 375 g/mol. The standard InChI is InChI=1S/C21H33N3O3/c1-26-19-13-18(14-20(15-19)27-2)16-23-9-11-24(12-10-23)21(25)4-3-17-5-7-22-8-6-17/h13-15,17,22H,3-12,16H2,1-2H3. The smallest absolute Gasteiger partial charge is 0.222 e. The van der Waals surface area contributed by atoms with Crippen LogP contribution in [0.5, 0.6) is 11.5 Å². The summed E-state index contributed by atoms with van der Waals surface area (Å²) >= 11 is 0. The van der Waals surface area contributed by atoms with Gasteiger partial charge in [0.15, 0.2) is 0 Å². The van der Waals surface area contributed by atoms with Gasteiger partial charge in [0.1, 0.15) is 11.5 Å². The van der Waals surface area contributed by atoms with E-state index in [1.807, 2.05) is 11.0 Å². The molecule has 2 fully saturated rings. The number of nitrogens with one attached hydrogen (secondary N) is 1. The Bertz CT molecular complexity index is 586. The third-order valence-electron chi connectivity index (χ3n) is 5.77. The molecule has 2 heterocycles. The number of carbonyl (C=O) groups excluding carboxylic acids is 1. The predicted molar refractivity (Wildman–Crippen MR) is 106 cm³/mol. The molecule has 2 aliphatic heterocycles. The van der Waals surface area contributed by atoms with Crippen LogP contribution in [0.15, 0.2) is 18.2 Å². The molecule has 0 spiro atoms. The van der Waals surface area contributed by atoms with Crippen molar-refractivity contribution in [3.05, 3.63) is 23.8 Å². The first-order chi connectivity index (χ1) is 13.2. The number of amides is 1. The maximum atomic E-state index is 12.5. The molecule has 3 rings (SSSR count). The lowest BCUT2D eigenvalue weighted by molar-refractivity contribution is -0.133. The molecular weight excluding hydrogens is 342 g/mol. The molecule has 1 N–H and O–H groups in total. The molecule has 6 nitrogen and oxygen atoms in total. The average Bonchev–Trinajstić information content (AvgIpc) is 2.73. The highest BCUT2D eigenvalue weighted by Crippen LogP contribution is 2.24. The van der Waals surface area contributed by atoms with Crippen LogP contribution in [0.25, 0.3) is 0 Å². The minimum atomic E-state index is 0.330. The number of nitrogens with zero attached hydrogens (tertiary/aromatic N) is 2. The number of carbonyl (C=O) groups is 1. The summed E-state index contributed by atoms with van der Waals surface area (Å²) in [6.45, 7) is 6.54. The summed E-state index contributed by atoms with van der Waals surface area (Å²) < 4.78 is 10.7. The molecule has 1 aromatic rings. The average molecular weight is 376 g/mol. The van der Waals surface area contributed by atoms with Gasteiger partial charge in [0.05, 0.1) is 14.2 Å². The molecule has 0 radical (unpaired) electrons. The summed E-state index contributed by atoms with van der Waals surface area (Å²) in [6, 6.07) is 6.00. The van der Waals surface area contributed by atoms with Gasteiger partial charge in [-0.2, -0.15) is 0 Å². The highest BCUT2D eigenvalue weighted by atomic mass is 16.5. The van der Waals surface area contributed by atoms with Gasteiger partial charge in [0, 0.05) is 45.2 Å². The van der Waals surface area contributed by atoms with Crippen molar-refractivity contribution >= 4 is 5.91 Å². The Kier molecular flexibility index (Phi) is 7.35. The van der Waals surface area contributed by atoms with Gasteiger partial charge >= 0.3 is 0 Å². The van der Waals surface area contributed by atoms with Crippen LogP contribution >= 0.6 is 0 Å². The van der Waals surface area contributed by atoms with Crippen molar-refractivity contribution < 1.29 is 14.3 Å². The summed E-state index contributed by atoms with van der Waals surface area (Å²) in [4.78, 5) is 17.0. The van der Waals surface area contributed by atoms with Gasteiger partial charge in [-0.3, -0.25) is 9.69 Å². The molecule has 0 atom stereocenters. The van der Waals surface area contributed by atoms with Crippen LogP contribution in [-0.2, 0) is 11.3 Å². The fourth-order valence-electron chi connectivity index (χ4n) is 4.03. The zero-order chi connectivity index (χ0) is 19.1. The maximum absolute atomic E-state index is 12.5. The fraction of sp³-hybridized carbons (Fsp3) is 0.667. The Morgan fingerprint density at radius 3 is 2.26 bits per heavy atom. The molecule has 0 unspecified atom stereocenters. The molecule has 0 saturated carbocycles. The minimum absolute atomic E-state index is 0.330. The normalized spacial score (nSPS) is 19.1. The number of piperazine rings is 1. The molecule has 27 heavy (non-hydrogen) atoms. The first kappa shape index (κ1) is 20.0.